The number of carboxylic acid groups (broad SMARTS) is 1. The Balaban J connectivity index is 2.48. The average Bonchev–Trinajstić information content (AvgIpc) is 2.55. The van der Waals surface area contributed by atoms with Crippen molar-refractivity contribution in [2.75, 3.05) is 6.54 Å². The lowest BCUT2D eigenvalue weighted by Crippen LogP contribution is -2.50. The Kier molecular flexibility index (Phi) is 8.76. The molecule has 1 saturated heterocycles. The van der Waals surface area contributed by atoms with Crippen LogP contribution >= 0.6 is 0 Å². The quantitative estimate of drug-likeness (QED) is 0.408. The molecule has 5 N–H and O–H groups in total. The first-order valence-electron chi connectivity index (χ1n) is 8.54. The second-order valence-corrected chi connectivity index (χ2v) is 6.51. The van der Waals surface area contributed by atoms with Gasteiger partial charge in [-0.2, -0.15) is 0 Å². The van der Waals surface area contributed by atoms with Crippen LogP contribution in [-0.4, -0.2) is 65.4 Å². The van der Waals surface area contributed by atoms with Gasteiger partial charge in [-0.3, -0.25) is 9.59 Å². The van der Waals surface area contributed by atoms with E-state index in [1.54, 1.807) is 20.8 Å². The average molecular weight is 376 g/mol. The van der Waals surface area contributed by atoms with Gasteiger partial charge in [-0.15, -0.1) is 0 Å². The molecular weight excluding hydrogens is 348 g/mol. The highest BCUT2D eigenvalue weighted by atomic mass is 16.7. The molecule has 1 aliphatic heterocycles. The molecule has 1 rings (SSSR count). The van der Waals surface area contributed by atoms with E-state index >= 15 is 0 Å². The van der Waals surface area contributed by atoms with Crippen LogP contribution in [0.3, 0.4) is 0 Å². The Hall–Kier alpha value is -1.91. The van der Waals surface area contributed by atoms with E-state index in [-0.39, 0.29) is 19.4 Å². The van der Waals surface area contributed by atoms with Crippen LogP contribution in [0.1, 0.15) is 40.0 Å². The predicted molar refractivity (Wildman–Crippen MR) is 89.0 cm³/mol. The molecule has 6 atom stereocenters. The SMILES string of the molecule is C[C@H](CCC(=O)O)O[C@@H]1O[C@@H](C)[C@H](OC(=O)[C@H](C)CNC(N)=O)C[C@H]1O. The van der Waals surface area contributed by atoms with Gasteiger partial charge < -0.3 is 35.5 Å². The molecule has 0 bridgehead atoms. The highest BCUT2D eigenvalue weighted by Crippen LogP contribution is 2.25. The second kappa shape index (κ2) is 10.3. The van der Waals surface area contributed by atoms with Crippen LogP contribution < -0.4 is 11.1 Å². The van der Waals surface area contributed by atoms with Gasteiger partial charge >= 0.3 is 18.0 Å². The molecule has 26 heavy (non-hydrogen) atoms. The fourth-order valence-electron chi connectivity index (χ4n) is 2.42. The zero-order valence-electron chi connectivity index (χ0n) is 15.2. The number of urea groups is 1. The maximum atomic E-state index is 12.0. The number of nitrogens with one attached hydrogen (secondary N) is 1. The fraction of sp³-hybridized carbons (Fsp3) is 0.812. The summed E-state index contributed by atoms with van der Waals surface area (Å²) in [5.41, 5.74) is 4.96. The van der Waals surface area contributed by atoms with E-state index in [1.807, 2.05) is 0 Å². The molecule has 0 saturated carbocycles. The third-order valence-corrected chi connectivity index (χ3v) is 4.04. The molecule has 10 nitrogen and oxygen atoms in total. The van der Waals surface area contributed by atoms with Crippen molar-refractivity contribution in [1.29, 1.82) is 0 Å². The first kappa shape index (κ1) is 22.1. The molecule has 1 fully saturated rings. The summed E-state index contributed by atoms with van der Waals surface area (Å²) in [5.74, 6) is -2.07. The van der Waals surface area contributed by atoms with Gasteiger partial charge in [-0.1, -0.05) is 6.92 Å². The van der Waals surface area contributed by atoms with Crippen molar-refractivity contribution in [3.8, 4) is 0 Å². The van der Waals surface area contributed by atoms with E-state index in [9.17, 15) is 19.5 Å². The number of nitrogens with two attached hydrogens (primary N) is 1. The first-order chi connectivity index (χ1) is 12.1. The van der Waals surface area contributed by atoms with Crippen molar-refractivity contribution in [2.45, 2.75) is 70.7 Å². The van der Waals surface area contributed by atoms with Crippen molar-refractivity contribution < 1.29 is 38.8 Å². The molecule has 0 aliphatic carbocycles. The molecule has 0 aromatic heterocycles. The number of rotatable bonds is 9. The highest BCUT2D eigenvalue weighted by Gasteiger charge is 2.39. The number of carbonyl (C=O) groups is 3. The van der Waals surface area contributed by atoms with Gasteiger partial charge in [0.15, 0.2) is 6.29 Å². The number of carboxylic acids is 1. The summed E-state index contributed by atoms with van der Waals surface area (Å²) in [5, 5.41) is 21.2. The largest absolute Gasteiger partial charge is 0.481 e. The summed E-state index contributed by atoms with van der Waals surface area (Å²) in [6, 6.07) is -0.730. The minimum atomic E-state index is -1.02. The molecule has 150 valence electrons. The third kappa shape index (κ3) is 7.54. The standard InChI is InChI=1S/C16H28N2O8/c1-8(7-18-16(17)23)14(22)26-12-6-11(19)15(25-10(12)3)24-9(2)4-5-13(20)21/h8-12,15,19H,4-7H2,1-3H3,(H,20,21)(H3,17,18,23)/t8-,9-,10+,11-,12-,15-/m1/s1. The topological polar surface area (TPSA) is 157 Å². The van der Waals surface area contributed by atoms with Crippen LogP contribution in [0.25, 0.3) is 0 Å². The third-order valence-electron chi connectivity index (χ3n) is 4.04. The van der Waals surface area contributed by atoms with Crippen LogP contribution in [-0.2, 0) is 23.8 Å². The van der Waals surface area contributed by atoms with Crippen LogP contribution in [0.5, 0.6) is 0 Å². The number of aliphatic hydroxyl groups is 1. The van der Waals surface area contributed by atoms with Gasteiger partial charge in [-0.25, -0.2) is 4.79 Å². The number of hydrogen-bond donors (Lipinski definition) is 4. The lowest BCUT2D eigenvalue weighted by molar-refractivity contribution is -0.276. The molecule has 0 unspecified atom stereocenters. The van der Waals surface area contributed by atoms with Crippen molar-refractivity contribution in [2.24, 2.45) is 11.7 Å². The van der Waals surface area contributed by atoms with Gasteiger partial charge in [0.1, 0.15) is 12.2 Å². The minimum absolute atomic E-state index is 0.0446. The highest BCUT2D eigenvalue weighted by molar-refractivity contribution is 5.75. The van der Waals surface area contributed by atoms with Crippen molar-refractivity contribution in [3.63, 3.8) is 0 Å². The molecule has 10 heteroatoms. The minimum Gasteiger partial charge on any atom is -0.481 e. The maximum absolute atomic E-state index is 12.0. The van der Waals surface area contributed by atoms with Gasteiger partial charge in [-0.05, 0) is 20.3 Å². The molecule has 1 heterocycles. The summed E-state index contributed by atoms with van der Waals surface area (Å²) in [7, 11) is 0. The lowest BCUT2D eigenvalue weighted by Gasteiger charge is -2.38. The van der Waals surface area contributed by atoms with Crippen LogP contribution in [0.4, 0.5) is 4.79 Å². The van der Waals surface area contributed by atoms with E-state index in [1.165, 1.54) is 0 Å². The van der Waals surface area contributed by atoms with Crippen LogP contribution in [0.2, 0.25) is 0 Å². The zero-order valence-corrected chi connectivity index (χ0v) is 15.2. The van der Waals surface area contributed by atoms with E-state index in [4.69, 9.17) is 25.1 Å². The number of amides is 2. The number of aliphatic carboxylic acids is 1. The predicted octanol–water partition coefficient (Wildman–Crippen LogP) is -0.0317. The Morgan fingerprint density at radius 2 is 2.00 bits per heavy atom. The van der Waals surface area contributed by atoms with Gasteiger partial charge in [0.2, 0.25) is 0 Å². The fourth-order valence-corrected chi connectivity index (χ4v) is 2.42. The summed E-state index contributed by atoms with van der Waals surface area (Å²) < 4.78 is 16.5. The number of esters is 1. The van der Waals surface area contributed by atoms with E-state index in [0.29, 0.717) is 6.42 Å². The van der Waals surface area contributed by atoms with Gasteiger partial charge in [0.05, 0.1) is 18.1 Å². The molecule has 2 amide bonds. The lowest BCUT2D eigenvalue weighted by atomic mass is 10.0. The smallest absolute Gasteiger partial charge is 0.312 e. The van der Waals surface area contributed by atoms with E-state index in [2.05, 4.69) is 5.32 Å². The first-order valence-corrected chi connectivity index (χ1v) is 8.54. The normalized spacial score (nSPS) is 28.0. The van der Waals surface area contributed by atoms with Gasteiger partial charge in [0.25, 0.3) is 0 Å². The van der Waals surface area contributed by atoms with Crippen molar-refractivity contribution in [1.82, 2.24) is 5.32 Å². The number of carbonyl (C=O) groups excluding carboxylic acids is 2. The molecule has 0 radical (unpaired) electrons. The zero-order chi connectivity index (χ0) is 19.9. The molecule has 0 spiro atoms. The number of hydrogen-bond acceptors (Lipinski definition) is 7. The van der Waals surface area contributed by atoms with Crippen LogP contribution in [0.15, 0.2) is 0 Å². The Labute approximate surface area is 152 Å². The number of ether oxygens (including phenoxy) is 3. The molecular formula is C16H28N2O8. The Morgan fingerprint density at radius 3 is 2.58 bits per heavy atom. The molecule has 1 aliphatic rings. The van der Waals surface area contributed by atoms with Gasteiger partial charge in [0, 0.05) is 19.4 Å². The van der Waals surface area contributed by atoms with Crippen LogP contribution in [0, 0.1) is 5.92 Å². The van der Waals surface area contributed by atoms with Crippen molar-refractivity contribution >= 4 is 18.0 Å². The molecule has 0 aromatic carbocycles. The van der Waals surface area contributed by atoms with E-state index < -0.39 is 54.6 Å². The summed E-state index contributed by atoms with van der Waals surface area (Å²) >= 11 is 0. The summed E-state index contributed by atoms with van der Waals surface area (Å²) in [6.45, 7) is 5.02. The second-order valence-electron chi connectivity index (χ2n) is 6.51. The molecule has 0 aromatic rings. The van der Waals surface area contributed by atoms with Crippen molar-refractivity contribution in [3.05, 3.63) is 0 Å². The summed E-state index contributed by atoms with van der Waals surface area (Å²) in [4.78, 5) is 33.3. The van der Waals surface area contributed by atoms with E-state index in [0.717, 1.165) is 0 Å². The Morgan fingerprint density at radius 1 is 1.35 bits per heavy atom. The monoisotopic (exact) mass is 376 g/mol. The number of aliphatic hydroxyl groups excluding tert-OH is 1. The number of primary amides is 1. The maximum Gasteiger partial charge on any atom is 0.312 e. The Bertz CT molecular complexity index is 501. The summed E-state index contributed by atoms with van der Waals surface area (Å²) in [6.07, 6.45) is -3.15.